The lowest BCUT2D eigenvalue weighted by molar-refractivity contribution is -0.384. The van der Waals surface area contributed by atoms with Crippen LogP contribution in [0.1, 0.15) is 62.1 Å². The third kappa shape index (κ3) is 4.71. The molecule has 28 heavy (non-hydrogen) atoms. The van der Waals surface area contributed by atoms with E-state index in [1.807, 2.05) is 24.3 Å². The van der Waals surface area contributed by atoms with Gasteiger partial charge in [-0.3, -0.25) is 10.1 Å². The van der Waals surface area contributed by atoms with E-state index in [9.17, 15) is 10.1 Å². The van der Waals surface area contributed by atoms with Crippen molar-refractivity contribution < 1.29 is 9.66 Å². The van der Waals surface area contributed by atoms with Gasteiger partial charge in [0, 0.05) is 30.6 Å². The van der Waals surface area contributed by atoms with E-state index in [1.54, 1.807) is 19.2 Å². The molecule has 150 valence electrons. The van der Waals surface area contributed by atoms with Gasteiger partial charge in [-0.15, -0.1) is 0 Å². The van der Waals surface area contributed by atoms with Crippen molar-refractivity contribution in [1.29, 1.82) is 0 Å². The molecule has 0 aromatic heterocycles. The molecule has 1 aliphatic rings. The number of ether oxygens (including phenoxy) is 1. The van der Waals surface area contributed by atoms with Crippen molar-refractivity contribution in [2.45, 2.75) is 51.0 Å². The van der Waals surface area contributed by atoms with E-state index in [1.165, 1.54) is 31.2 Å². The van der Waals surface area contributed by atoms with Gasteiger partial charge in [-0.1, -0.05) is 56.9 Å². The molecule has 2 aromatic rings. The summed E-state index contributed by atoms with van der Waals surface area (Å²) in [5.74, 6) is 1.79. The van der Waals surface area contributed by atoms with Crippen molar-refractivity contribution >= 4 is 5.69 Å². The normalized spacial score (nSPS) is 21.6. The third-order valence-electron chi connectivity index (χ3n) is 5.90. The molecular weight excluding hydrogens is 352 g/mol. The molecule has 1 aliphatic heterocycles. The molecule has 5 nitrogen and oxygen atoms in total. The number of unbranched alkanes of at least 4 members (excludes halogenated alkanes) is 3. The van der Waals surface area contributed by atoms with Gasteiger partial charge in [-0.25, -0.2) is 0 Å². The number of hydrogen-bond acceptors (Lipinski definition) is 4. The van der Waals surface area contributed by atoms with Crippen LogP contribution in [0.4, 0.5) is 5.69 Å². The Morgan fingerprint density at radius 1 is 1.04 bits per heavy atom. The first-order valence-corrected chi connectivity index (χ1v) is 10.3. The lowest BCUT2D eigenvalue weighted by Gasteiger charge is -2.25. The molecule has 0 saturated carbocycles. The highest BCUT2D eigenvalue weighted by Gasteiger charge is 2.37. The topological polar surface area (TPSA) is 64.4 Å². The van der Waals surface area contributed by atoms with Crippen molar-refractivity contribution in [3.63, 3.8) is 0 Å². The fourth-order valence-electron chi connectivity index (χ4n) is 4.35. The van der Waals surface area contributed by atoms with E-state index in [-0.39, 0.29) is 16.7 Å². The lowest BCUT2D eigenvalue weighted by atomic mass is 9.79. The van der Waals surface area contributed by atoms with Crippen molar-refractivity contribution in [1.82, 2.24) is 5.32 Å². The quantitative estimate of drug-likeness (QED) is 0.347. The Kier molecular flexibility index (Phi) is 7.04. The number of benzene rings is 2. The maximum atomic E-state index is 11.0. The Bertz CT molecular complexity index is 758. The van der Waals surface area contributed by atoms with Crippen LogP contribution in [-0.2, 0) is 0 Å². The maximum absolute atomic E-state index is 11.0. The van der Waals surface area contributed by atoms with Crippen molar-refractivity contribution in [3.8, 4) is 5.75 Å². The summed E-state index contributed by atoms with van der Waals surface area (Å²) in [5.41, 5.74) is 2.62. The van der Waals surface area contributed by atoms with E-state index in [4.69, 9.17) is 4.74 Å². The van der Waals surface area contributed by atoms with Gasteiger partial charge in [-0.05, 0) is 35.6 Å². The van der Waals surface area contributed by atoms with E-state index >= 15 is 0 Å². The molecule has 0 bridgehead atoms. The molecular formula is C23H30N2O3. The molecule has 0 radical (unpaired) electrons. The van der Waals surface area contributed by atoms with Crippen LogP contribution >= 0.6 is 0 Å². The summed E-state index contributed by atoms with van der Waals surface area (Å²) in [6, 6.07) is 15.7. The molecule has 1 fully saturated rings. The van der Waals surface area contributed by atoms with E-state index < -0.39 is 0 Å². The average molecular weight is 383 g/mol. The fourth-order valence-corrected chi connectivity index (χ4v) is 4.35. The maximum Gasteiger partial charge on any atom is 0.269 e. The van der Waals surface area contributed by atoms with Gasteiger partial charge in [0.15, 0.2) is 0 Å². The Morgan fingerprint density at radius 2 is 1.71 bits per heavy atom. The van der Waals surface area contributed by atoms with Crippen LogP contribution in [0.15, 0.2) is 48.5 Å². The monoisotopic (exact) mass is 382 g/mol. The highest BCUT2D eigenvalue weighted by molar-refractivity contribution is 5.37. The Morgan fingerprint density at radius 3 is 2.32 bits per heavy atom. The van der Waals surface area contributed by atoms with Crippen LogP contribution in [0.25, 0.3) is 0 Å². The minimum Gasteiger partial charge on any atom is -0.497 e. The second-order valence-electron chi connectivity index (χ2n) is 7.63. The number of non-ortho nitro benzene ring substituents is 1. The molecule has 0 spiro atoms. The minimum absolute atomic E-state index is 0.146. The first kappa shape index (κ1) is 20.3. The van der Waals surface area contributed by atoms with Crippen LogP contribution in [-0.4, -0.2) is 18.6 Å². The van der Waals surface area contributed by atoms with E-state index in [2.05, 4.69) is 24.4 Å². The molecule has 0 aliphatic carbocycles. The zero-order valence-electron chi connectivity index (χ0n) is 16.8. The molecule has 1 N–H and O–H groups in total. The molecule has 3 rings (SSSR count). The molecule has 3 atom stereocenters. The van der Waals surface area contributed by atoms with Gasteiger partial charge in [0.1, 0.15) is 5.75 Å². The first-order chi connectivity index (χ1) is 13.6. The van der Waals surface area contributed by atoms with Crippen LogP contribution in [0, 0.1) is 16.0 Å². The predicted molar refractivity (Wildman–Crippen MR) is 112 cm³/mol. The SMILES string of the molecule is CCCCCC[C@H]1[C@H](c2ccc(OC)cc2)CN[C@H]1c1ccc([N+](=O)[O-])cc1. The number of hydrogen-bond donors (Lipinski definition) is 1. The van der Waals surface area contributed by atoms with Crippen molar-refractivity contribution in [2.24, 2.45) is 5.92 Å². The van der Waals surface area contributed by atoms with Crippen LogP contribution < -0.4 is 10.1 Å². The summed E-state index contributed by atoms with van der Waals surface area (Å²) in [6.45, 7) is 3.16. The number of nitro groups is 1. The van der Waals surface area contributed by atoms with E-state index in [0.29, 0.717) is 11.8 Å². The van der Waals surface area contributed by atoms with E-state index in [0.717, 1.165) is 24.3 Å². The number of nitrogens with zero attached hydrogens (tertiary/aromatic N) is 1. The number of methoxy groups -OCH3 is 1. The summed E-state index contributed by atoms with van der Waals surface area (Å²) < 4.78 is 5.30. The Hall–Kier alpha value is -2.40. The Balaban J connectivity index is 1.80. The summed E-state index contributed by atoms with van der Waals surface area (Å²) in [6.07, 6.45) is 6.14. The van der Waals surface area contributed by atoms with Crippen molar-refractivity contribution in [2.75, 3.05) is 13.7 Å². The first-order valence-electron chi connectivity index (χ1n) is 10.3. The van der Waals surface area contributed by atoms with Gasteiger partial charge in [0.25, 0.3) is 5.69 Å². The summed E-state index contributed by atoms with van der Waals surface area (Å²) in [4.78, 5) is 10.6. The summed E-state index contributed by atoms with van der Waals surface area (Å²) in [7, 11) is 1.69. The molecule has 1 heterocycles. The van der Waals surface area contributed by atoms with Crippen LogP contribution in [0.5, 0.6) is 5.75 Å². The molecule has 0 amide bonds. The summed E-state index contributed by atoms with van der Waals surface area (Å²) >= 11 is 0. The second-order valence-corrected chi connectivity index (χ2v) is 7.63. The van der Waals surface area contributed by atoms with Crippen molar-refractivity contribution in [3.05, 3.63) is 69.8 Å². The van der Waals surface area contributed by atoms with Gasteiger partial charge in [0.2, 0.25) is 0 Å². The molecule has 0 unspecified atom stereocenters. The zero-order valence-corrected chi connectivity index (χ0v) is 16.8. The number of rotatable bonds is 9. The fraction of sp³-hybridized carbons (Fsp3) is 0.478. The van der Waals surface area contributed by atoms with Gasteiger partial charge < -0.3 is 10.1 Å². The lowest BCUT2D eigenvalue weighted by Crippen LogP contribution is -2.18. The smallest absolute Gasteiger partial charge is 0.269 e. The second kappa shape index (κ2) is 9.69. The largest absolute Gasteiger partial charge is 0.497 e. The van der Waals surface area contributed by atoms with Crippen LogP contribution in [0.2, 0.25) is 0 Å². The highest BCUT2D eigenvalue weighted by atomic mass is 16.6. The van der Waals surface area contributed by atoms with Gasteiger partial charge in [0.05, 0.1) is 12.0 Å². The third-order valence-corrected chi connectivity index (χ3v) is 5.90. The zero-order chi connectivity index (χ0) is 19.9. The van der Waals surface area contributed by atoms with Crippen LogP contribution in [0.3, 0.4) is 0 Å². The van der Waals surface area contributed by atoms with Gasteiger partial charge in [-0.2, -0.15) is 0 Å². The molecule has 2 aromatic carbocycles. The highest BCUT2D eigenvalue weighted by Crippen LogP contribution is 2.43. The summed E-state index contributed by atoms with van der Waals surface area (Å²) in [5, 5.41) is 14.7. The average Bonchev–Trinajstić information content (AvgIpc) is 3.15. The molecule has 1 saturated heterocycles. The number of nitrogens with one attached hydrogen (secondary N) is 1. The molecule has 5 heteroatoms. The Labute approximate surface area is 167 Å². The predicted octanol–water partition coefficient (Wildman–Crippen LogP) is 5.62. The van der Waals surface area contributed by atoms with Gasteiger partial charge >= 0.3 is 0 Å². The minimum atomic E-state index is -0.339. The number of nitro benzene ring substituents is 1. The standard InChI is InChI=1S/C23H30N2O3/c1-3-4-5-6-7-21-22(17-10-14-20(28-2)15-11-17)16-24-23(21)18-8-12-19(13-9-18)25(26)27/h8-15,21-24H,3-7,16H2,1-2H3/t21-,22-,23-/m0/s1.